The Morgan fingerprint density at radius 2 is 0.636 bits per heavy atom. The Bertz CT molecular complexity index is 208. The summed E-state index contributed by atoms with van der Waals surface area (Å²) in [6.07, 6.45) is 0. The van der Waals surface area contributed by atoms with Gasteiger partial charge < -0.3 is 0 Å². The van der Waals surface area contributed by atoms with E-state index in [0.29, 0.717) is 0 Å². The maximum atomic E-state index is 8.59. The molecule has 69 valence electrons. The van der Waals surface area contributed by atoms with Gasteiger partial charge in [0.1, 0.15) is 0 Å². The predicted molar refractivity (Wildman–Crippen MR) is 2.75 cm³/mol. The minimum Gasteiger partial charge on any atom is 4.00 e. The molecule has 11 heavy (non-hydrogen) atoms. The van der Waals surface area contributed by atoms with Crippen molar-refractivity contribution < 1.29 is 97.7 Å². The van der Waals surface area contributed by atoms with Crippen molar-refractivity contribution in [1.29, 1.82) is 0 Å². The van der Waals surface area contributed by atoms with E-state index in [-0.39, 0.29) is 38.6 Å². The summed E-state index contributed by atoms with van der Waals surface area (Å²) in [5, 5.41) is 0. The Balaban J connectivity index is -0.000000107. The van der Waals surface area contributed by atoms with Gasteiger partial charge in [0.25, 0.3) is 0 Å². The first kappa shape index (κ1) is 18.2. The van der Waals surface area contributed by atoms with Gasteiger partial charge in [-0.1, -0.05) is 0 Å². The SMILES string of the molecule is [O]=[Cr](=[O])([O-])[O-].[O]=[Cr](=[O])([O-])[O-].[Tb+4]. The summed E-state index contributed by atoms with van der Waals surface area (Å²) in [6, 6.07) is 0. The van der Waals surface area contributed by atoms with Crippen LogP contribution in [0.25, 0.3) is 0 Å². The summed E-state index contributed by atoms with van der Waals surface area (Å²) < 4.78 is 68.8. The standard InChI is InChI=1S/2Cr.8O.Tb/q;;;;;;4*-1;+4. The number of hydrogen-bond donors (Lipinski definition) is 0. The van der Waals surface area contributed by atoms with E-state index in [4.69, 9.17) is 31.8 Å². The van der Waals surface area contributed by atoms with Crippen molar-refractivity contribution in [3.05, 3.63) is 0 Å². The maximum absolute atomic E-state index is 8.59. The fourth-order valence-corrected chi connectivity index (χ4v) is 0. The van der Waals surface area contributed by atoms with Gasteiger partial charge in [0.2, 0.25) is 0 Å². The van der Waals surface area contributed by atoms with Crippen LogP contribution in [0.3, 0.4) is 0 Å². The molecule has 0 rings (SSSR count). The molecule has 0 aliphatic rings. The van der Waals surface area contributed by atoms with Crippen LogP contribution in [0.1, 0.15) is 0 Å². The quantitative estimate of drug-likeness (QED) is 0.396. The summed E-state index contributed by atoms with van der Waals surface area (Å²) >= 11 is -11.5. The number of hydrogen-bond acceptors (Lipinski definition) is 8. The van der Waals surface area contributed by atoms with Gasteiger partial charge in [0, 0.05) is 0 Å². The van der Waals surface area contributed by atoms with Crippen molar-refractivity contribution in [1.82, 2.24) is 0 Å². The first-order chi connectivity index (χ1) is 4.00. The average molecular weight is 391 g/mol. The van der Waals surface area contributed by atoms with Crippen LogP contribution < -0.4 is 16.6 Å². The van der Waals surface area contributed by atoms with Gasteiger partial charge in [-0.3, -0.25) is 0 Å². The van der Waals surface area contributed by atoms with Crippen LogP contribution in [0.2, 0.25) is 0 Å². The van der Waals surface area contributed by atoms with E-state index in [1.807, 2.05) is 0 Å². The molecule has 8 nitrogen and oxygen atoms in total. The molecule has 0 amide bonds. The largest absolute Gasteiger partial charge is 4.00 e. The Labute approximate surface area is 96.4 Å². The predicted octanol–water partition coefficient (Wildman–Crippen LogP) is -5.24. The van der Waals surface area contributed by atoms with E-state index in [9.17, 15) is 0 Å². The molecule has 0 saturated heterocycles. The zero-order valence-electron chi connectivity index (χ0n) is 4.42. The Kier molecular flexibility index (Phi) is 11.4. The van der Waals surface area contributed by atoms with Crippen LogP contribution in [0.15, 0.2) is 0 Å². The molecule has 0 heterocycles. The molecule has 0 atom stereocenters. The summed E-state index contributed by atoms with van der Waals surface area (Å²) in [6.45, 7) is 0. The van der Waals surface area contributed by atoms with Gasteiger partial charge in [0.05, 0.1) is 0 Å². The molecule has 0 aromatic rings. The van der Waals surface area contributed by atoms with Crippen molar-refractivity contribution in [3.63, 3.8) is 0 Å². The van der Waals surface area contributed by atoms with E-state index in [1.165, 1.54) is 0 Å². The fourth-order valence-electron chi connectivity index (χ4n) is 0. The smallest absolute Gasteiger partial charge is 4.00 e. The zero-order valence-corrected chi connectivity index (χ0v) is 9.10. The summed E-state index contributed by atoms with van der Waals surface area (Å²) in [5.41, 5.74) is 0. The van der Waals surface area contributed by atoms with Gasteiger partial charge in [-0.2, -0.15) is 0 Å². The molecule has 0 aliphatic heterocycles. The zero-order chi connectivity index (χ0) is 9.00. The molecule has 0 bridgehead atoms. The van der Waals surface area contributed by atoms with Crippen molar-refractivity contribution >= 4 is 0 Å². The molecule has 11 heteroatoms. The Hall–Kier alpha value is 1.39. The topological polar surface area (TPSA) is 161 Å². The van der Waals surface area contributed by atoms with Crippen molar-refractivity contribution in [2.45, 2.75) is 0 Å². The molecular formula is Cr2O8Tb. The van der Waals surface area contributed by atoms with Crippen LogP contribution >= 0.6 is 0 Å². The molecular weight excluding hydrogens is 391 g/mol. The summed E-state index contributed by atoms with van der Waals surface area (Å²) in [5.74, 6) is 0. The third-order valence-corrected chi connectivity index (χ3v) is 0. The van der Waals surface area contributed by atoms with E-state index in [2.05, 4.69) is 0 Å². The van der Waals surface area contributed by atoms with E-state index in [1.54, 1.807) is 0 Å². The van der Waals surface area contributed by atoms with Crippen molar-refractivity contribution in [3.8, 4) is 0 Å². The molecule has 0 N–H and O–H groups in total. The molecule has 0 unspecified atom stereocenters. The van der Waals surface area contributed by atoms with Crippen molar-refractivity contribution in [2.24, 2.45) is 0 Å². The van der Waals surface area contributed by atoms with Crippen LogP contribution in [0.4, 0.5) is 0 Å². The van der Waals surface area contributed by atoms with E-state index in [0.717, 1.165) is 0 Å². The molecule has 0 aromatic heterocycles. The van der Waals surface area contributed by atoms with E-state index >= 15 is 0 Å². The Morgan fingerprint density at radius 1 is 0.636 bits per heavy atom. The summed E-state index contributed by atoms with van der Waals surface area (Å²) in [7, 11) is 0. The van der Waals surface area contributed by atoms with Gasteiger partial charge in [-0.15, -0.1) is 0 Å². The van der Waals surface area contributed by atoms with Crippen molar-refractivity contribution in [2.75, 3.05) is 0 Å². The van der Waals surface area contributed by atoms with Crippen LogP contribution in [0.5, 0.6) is 0 Å². The molecule has 0 spiro atoms. The minimum atomic E-state index is -5.75. The second kappa shape index (κ2) is 6.86. The average Bonchev–Trinajstić information content (AvgIpc) is 1.12. The van der Waals surface area contributed by atoms with Gasteiger partial charge in [-0.05, 0) is 0 Å². The van der Waals surface area contributed by atoms with Gasteiger partial charge in [-0.25, -0.2) is 0 Å². The van der Waals surface area contributed by atoms with E-state index < -0.39 is 27.2 Å². The van der Waals surface area contributed by atoms with Crippen LogP contribution in [0, 0.1) is 38.6 Å². The molecule has 0 saturated carbocycles. The Morgan fingerprint density at radius 3 is 0.636 bits per heavy atom. The maximum Gasteiger partial charge on any atom is 4.00 e. The third-order valence-electron chi connectivity index (χ3n) is 0. The molecule has 0 aliphatic carbocycles. The molecule has 0 fully saturated rings. The monoisotopic (exact) mass is 391 g/mol. The first-order valence-corrected chi connectivity index (χ1v) is 5.50. The fraction of sp³-hybridized carbons (Fsp3) is 0. The van der Waals surface area contributed by atoms with Crippen LogP contribution in [-0.4, -0.2) is 0 Å². The number of rotatable bonds is 0. The van der Waals surface area contributed by atoms with Gasteiger partial charge >= 0.3 is 97.7 Å². The first-order valence-electron chi connectivity index (χ1n) is 1.33. The molecule has 0 aromatic carbocycles. The van der Waals surface area contributed by atoms with Gasteiger partial charge in [0.15, 0.2) is 0 Å². The second-order valence-corrected chi connectivity index (χ2v) is 3.37. The normalized spacial score (nSPS) is 10.5. The van der Waals surface area contributed by atoms with Crippen LogP contribution in [-0.2, 0) is 42.4 Å². The summed E-state index contributed by atoms with van der Waals surface area (Å²) in [4.78, 5) is 0. The minimum absolute atomic E-state index is 0. The third kappa shape index (κ3) is 519. The second-order valence-electron chi connectivity index (χ2n) is 0.816. The molecule has 1 radical (unpaired) electrons.